The van der Waals surface area contributed by atoms with Gasteiger partial charge < -0.3 is 35.2 Å². The molecule has 1 rings (SSSR count). The molecule has 26 heavy (non-hydrogen) atoms. The summed E-state index contributed by atoms with van der Waals surface area (Å²) in [7, 11) is 1.40. The van der Waals surface area contributed by atoms with E-state index in [0.29, 0.717) is 10.8 Å². The van der Waals surface area contributed by atoms with Crippen LogP contribution in [0.25, 0.3) is 0 Å². The quantitative estimate of drug-likeness (QED) is 0.379. The van der Waals surface area contributed by atoms with Crippen LogP contribution in [0.1, 0.15) is 13.8 Å². The molecule has 1 amide bonds. The minimum atomic E-state index is -1.75. The van der Waals surface area contributed by atoms with Crippen LogP contribution in [-0.2, 0) is 4.79 Å². The van der Waals surface area contributed by atoms with Crippen molar-refractivity contribution in [2.24, 2.45) is 0 Å². The Balaban J connectivity index is 2.71. The Morgan fingerprint density at radius 1 is 1.12 bits per heavy atom. The molecule has 0 heterocycles. The van der Waals surface area contributed by atoms with Crippen molar-refractivity contribution in [3.63, 3.8) is 0 Å². The average Bonchev–Trinajstić information content (AvgIpc) is 2.60. The summed E-state index contributed by atoms with van der Waals surface area (Å²) in [6, 6.07) is 6.47. The number of rotatable bonds is 9. The number of carbonyl (C=O) groups is 1. The van der Waals surface area contributed by atoms with Crippen molar-refractivity contribution in [3.8, 4) is 5.75 Å². The molecular weight excluding hydrogens is 366 g/mol. The maximum absolute atomic E-state index is 12.6. The highest BCUT2D eigenvalue weighted by Crippen LogP contribution is 2.22. The van der Waals surface area contributed by atoms with Crippen molar-refractivity contribution in [1.82, 2.24) is 4.90 Å². The van der Waals surface area contributed by atoms with Crippen LogP contribution >= 0.6 is 11.6 Å². The van der Waals surface area contributed by atoms with Crippen LogP contribution in [0.5, 0.6) is 5.75 Å². The lowest BCUT2D eigenvalue weighted by molar-refractivity contribution is -0.149. The van der Waals surface area contributed by atoms with Gasteiger partial charge in [-0.1, -0.05) is 11.6 Å². The molecule has 0 saturated carbocycles. The molecule has 5 N–H and O–H groups in total. The molecule has 4 atom stereocenters. The molecule has 1 aromatic rings. The molecule has 1 aromatic carbocycles. The SMILES string of the molecule is CN(CC(O)C(O)C(O)C(O)CO)C(=O)C(C)(C)Oc1ccc(Cl)cc1. The molecule has 0 saturated heterocycles. The highest BCUT2D eigenvalue weighted by atomic mass is 35.5. The lowest BCUT2D eigenvalue weighted by Crippen LogP contribution is -2.53. The van der Waals surface area contributed by atoms with Crippen LogP contribution in [0.4, 0.5) is 0 Å². The number of benzene rings is 1. The van der Waals surface area contributed by atoms with Crippen molar-refractivity contribution in [3.05, 3.63) is 29.3 Å². The van der Waals surface area contributed by atoms with Crippen LogP contribution < -0.4 is 4.74 Å². The number of nitrogens with zero attached hydrogens (tertiary/aromatic N) is 1. The van der Waals surface area contributed by atoms with Crippen molar-refractivity contribution >= 4 is 17.5 Å². The third kappa shape index (κ3) is 6.08. The number of aliphatic hydroxyl groups is 5. The molecule has 0 aliphatic carbocycles. The molecule has 0 aliphatic rings. The van der Waals surface area contributed by atoms with Crippen molar-refractivity contribution in [2.75, 3.05) is 20.2 Å². The standard InChI is InChI=1S/C17H26ClNO7/c1-17(2,26-11-6-4-10(18)5-7-11)16(25)19(3)8-12(21)14(23)15(24)13(22)9-20/h4-7,12-15,20-24H,8-9H2,1-3H3. The molecule has 0 aliphatic heterocycles. The third-order valence-corrected chi connectivity index (χ3v) is 4.09. The van der Waals surface area contributed by atoms with E-state index in [4.69, 9.17) is 21.4 Å². The largest absolute Gasteiger partial charge is 0.478 e. The number of ether oxygens (including phenoxy) is 1. The van der Waals surface area contributed by atoms with E-state index in [9.17, 15) is 25.2 Å². The summed E-state index contributed by atoms with van der Waals surface area (Å²) in [5.74, 6) is -0.0425. The van der Waals surface area contributed by atoms with E-state index < -0.39 is 42.5 Å². The molecule has 0 bridgehead atoms. The van der Waals surface area contributed by atoms with Crippen LogP contribution in [-0.4, -0.2) is 86.6 Å². The zero-order valence-electron chi connectivity index (χ0n) is 14.9. The van der Waals surface area contributed by atoms with E-state index in [1.54, 1.807) is 38.1 Å². The van der Waals surface area contributed by atoms with Crippen LogP contribution in [0.3, 0.4) is 0 Å². The topological polar surface area (TPSA) is 131 Å². The lowest BCUT2D eigenvalue weighted by atomic mass is 10.0. The first-order valence-corrected chi connectivity index (χ1v) is 8.40. The van der Waals surface area contributed by atoms with Crippen molar-refractivity contribution in [1.29, 1.82) is 0 Å². The van der Waals surface area contributed by atoms with E-state index in [-0.39, 0.29) is 6.54 Å². The maximum Gasteiger partial charge on any atom is 0.266 e. The van der Waals surface area contributed by atoms with Crippen molar-refractivity contribution in [2.45, 2.75) is 43.9 Å². The van der Waals surface area contributed by atoms with Crippen LogP contribution in [0, 0.1) is 0 Å². The van der Waals surface area contributed by atoms with Gasteiger partial charge in [0.05, 0.1) is 6.61 Å². The summed E-state index contributed by atoms with van der Waals surface area (Å²) >= 11 is 5.80. The molecule has 0 radical (unpaired) electrons. The highest BCUT2D eigenvalue weighted by molar-refractivity contribution is 6.30. The second kappa shape index (κ2) is 9.50. The summed E-state index contributed by atoms with van der Waals surface area (Å²) in [5.41, 5.74) is -1.27. The van der Waals surface area contributed by atoms with Gasteiger partial charge in [0.25, 0.3) is 5.91 Å². The summed E-state index contributed by atoms with van der Waals surface area (Å²) in [5, 5.41) is 48.1. The zero-order chi connectivity index (χ0) is 20.1. The summed E-state index contributed by atoms with van der Waals surface area (Å²) in [6.45, 7) is 2.01. The number of amides is 1. The van der Waals surface area contributed by atoms with Gasteiger partial charge in [-0.3, -0.25) is 4.79 Å². The summed E-state index contributed by atoms with van der Waals surface area (Å²) in [6.07, 6.45) is -6.64. The second-order valence-electron chi connectivity index (χ2n) is 6.55. The van der Waals surface area contributed by atoms with Gasteiger partial charge >= 0.3 is 0 Å². The Morgan fingerprint density at radius 3 is 2.12 bits per heavy atom. The Bertz CT molecular complexity index is 581. The fourth-order valence-corrected chi connectivity index (χ4v) is 2.46. The predicted octanol–water partition coefficient (Wildman–Crippen LogP) is -0.608. The Hall–Kier alpha value is -1.42. The number of aliphatic hydroxyl groups excluding tert-OH is 5. The molecular formula is C17H26ClNO7. The van der Waals surface area contributed by atoms with Crippen LogP contribution in [0.15, 0.2) is 24.3 Å². The van der Waals surface area contributed by atoms with E-state index in [1.807, 2.05) is 0 Å². The molecule has 148 valence electrons. The Morgan fingerprint density at radius 2 is 1.62 bits per heavy atom. The normalized spacial score (nSPS) is 16.5. The summed E-state index contributed by atoms with van der Waals surface area (Å²) < 4.78 is 5.67. The number of likely N-dealkylation sites (N-methyl/N-ethyl adjacent to an activating group) is 1. The van der Waals surface area contributed by atoms with Gasteiger partial charge in [0, 0.05) is 18.6 Å². The molecule has 9 heteroatoms. The average molecular weight is 392 g/mol. The predicted molar refractivity (Wildman–Crippen MR) is 94.9 cm³/mol. The monoisotopic (exact) mass is 391 g/mol. The van der Waals surface area contributed by atoms with E-state index in [0.717, 1.165) is 4.90 Å². The molecule has 0 aromatic heterocycles. The molecule has 8 nitrogen and oxygen atoms in total. The first kappa shape index (κ1) is 22.6. The fourth-order valence-electron chi connectivity index (χ4n) is 2.34. The van der Waals surface area contributed by atoms with E-state index in [2.05, 4.69) is 0 Å². The smallest absolute Gasteiger partial charge is 0.266 e. The van der Waals surface area contributed by atoms with Gasteiger partial charge in [-0.25, -0.2) is 0 Å². The first-order chi connectivity index (χ1) is 12.0. The maximum atomic E-state index is 12.6. The van der Waals surface area contributed by atoms with Gasteiger partial charge in [0.1, 0.15) is 30.2 Å². The molecule has 4 unspecified atom stereocenters. The third-order valence-electron chi connectivity index (χ3n) is 3.83. The van der Waals surface area contributed by atoms with Crippen molar-refractivity contribution < 1.29 is 35.1 Å². The Kier molecular flexibility index (Phi) is 8.26. The summed E-state index contributed by atoms with van der Waals surface area (Å²) in [4.78, 5) is 13.7. The van der Waals surface area contributed by atoms with E-state index >= 15 is 0 Å². The fraction of sp³-hybridized carbons (Fsp3) is 0.588. The lowest BCUT2D eigenvalue weighted by Gasteiger charge is -2.33. The Labute approximate surface area is 157 Å². The zero-order valence-corrected chi connectivity index (χ0v) is 15.7. The first-order valence-electron chi connectivity index (χ1n) is 8.03. The van der Waals surface area contributed by atoms with Gasteiger partial charge in [-0.2, -0.15) is 0 Å². The van der Waals surface area contributed by atoms with E-state index in [1.165, 1.54) is 7.05 Å². The van der Waals surface area contributed by atoms with Gasteiger partial charge in [0.2, 0.25) is 0 Å². The van der Waals surface area contributed by atoms with Crippen LogP contribution in [0.2, 0.25) is 5.02 Å². The minimum absolute atomic E-state index is 0.317. The minimum Gasteiger partial charge on any atom is -0.478 e. The van der Waals surface area contributed by atoms with Gasteiger partial charge in [0.15, 0.2) is 5.60 Å². The highest BCUT2D eigenvalue weighted by Gasteiger charge is 2.36. The second-order valence-corrected chi connectivity index (χ2v) is 6.99. The van der Waals surface area contributed by atoms with Gasteiger partial charge in [-0.15, -0.1) is 0 Å². The number of hydrogen-bond donors (Lipinski definition) is 5. The molecule has 0 fully saturated rings. The number of hydrogen-bond acceptors (Lipinski definition) is 7. The number of halogens is 1. The number of carbonyl (C=O) groups excluding carboxylic acids is 1. The van der Waals surface area contributed by atoms with Gasteiger partial charge in [-0.05, 0) is 38.1 Å². The molecule has 0 spiro atoms.